The minimum absolute atomic E-state index is 0.0309. The highest BCUT2D eigenvalue weighted by Crippen LogP contribution is 2.22. The Labute approximate surface area is 118 Å². The van der Waals surface area contributed by atoms with Gasteiger partial charge in [0.15, 0.2) is 0 Å². The third-order valence-corrected chi connectivity index (χ3v) is 2.60. The fourth-order valence-corrected chi connectivity index (χ4v) is 1.69. The number of carbonyl (C=O) groups is 1. The molecule has 2 rings (SSSR count). The molecule has 20 heavy (non-hydrogen) atoms. The number of phenolic OH excluding ortho intramolecular Hbond substituents is 1. The summed E-state index contributed by atoms with van der Waals surface area (Å²) < 4.78 is 0. The third-order valence-electron chi connectivity index (χ3n) is 2.39. The van der Waals surface area contributed by atoms with Crippen LogP contribution in [0.2, 0.25) is 5.15 Å². The van der Waals surface area contributed by atoms with Crippen molar-refractivity contribution in [1.29, 1.82) is 0 Å². The van der Waals surface area contributed by atoms with Gasteiger partial charge in [-0.05, 0) is 18.2 Å². The summed E-state index contributed by atoms with van der Waals surface area (Å²) in [6.45, 7) is 0. The Bertz CT molecular complexity index is 690. The number of rotatable bonds is 3. The van der Waals surface area contributed by atoms with Gasteiger partial charge >= 0.3 is 0 Å². The van der Waals surface area contributed by atoms with Crippen LogP contribution in [0.15, 0.2) is 36.5 Å². The smallest absolute Gasteiger partial charge is 0.300 e. The van der Waals surface area contributed by atoms with Crippen LogP contribution in [-0.4, -0.2) is 20.9 Å². The predicted octanol–water partition coefficient (Wildman–Crippen LogP) is 2.60. The number of aromatic nitrogens is 1. The average molecular weight is 294 g/mol. The van der Waals surface area contributed by atoms with Crippen LogP contribution in [-0.2, 0) is 0 Å². The van der Waals surface area contributed by atoms with Crippen molar-refractivity contribution in [3.05, 3.63) is 57.4 Å². The van der Waals surface area contributed by atoms with Crippen LogP contribution >= 0.6 is 11.6 Å². The van der Waals surface area contributed by atoms with Crippen LogP contribution in [0, 0.1) is 10.1 Å². The standard InChI is InChI=1S/C12H8ClN3O4/c13-11-5-9(10(6-14-11)16(19)20)12(18)15-7-2-1-3-8(17)4-7/h1-6,17H,(H,15,18). The first-order valence-electron chi connectivity index (χ1n) is 5.37. The second kappa shape index (κ2) is 5.54. The van der Waals surface area contributed by atoms with Crippen LogP contribution in [0.1, 0.15) is 10.4 Å². The van der Waals surface area contributed by atoms with Gasteiger partial charge in [-0.15, -0.1) is 0 Å². The van der Waals surface area contributed by atoms with Crippen molar-refractivity contribution in [3.63, 3.8) is 0 Å². The van der Waals surface area contributed by atoms with Gasteiger partial charge in [0.05, 0.1) is 4.92 Å². The third kappa shape index (κ3) is 3.01. The average Bonchev–Trinajstić information content (AvgIpc) is 2.38. The van der Waals surface area contributed by atoms with E-state index in [-0.39, 0.29) is 16.5 Å². The molecule has 0 fully saturated rings. The second-order valence-corrected chi connectivity index (χ2v) is 4.17. The van der Waals surface area contributed by atoms with Gasteiger partial charge in [-0.1, -0.05) is 17.7 Å². The summed E-state index contributed by atoms with van der Waals surface area (Å²) in [4.78, 5) is 25.7. The monoisotopic (exact) mass is 293 g/mol. The zero-order chi connectivity index (χ0) is 14.7. The largest absolute Gasteiger partial charge is 0.508 e. The normalized spacial score (nSPS) is 10.1. The molecule has 8 heteroatoms. The van der Waals surface area contributed by atoms with Gasteiger partial charge in [-0.3, -0.25) is 14.9 Å². The Balaban J connectivity index is 2.34. The van der Waals surface area contributed by atoms with Crippen LogP contribution < -0.4 is 5.32 Å². The number of phenols is 1. The summed E-state index contributed by atoms with van der Waals surface area (Å²) in [7, 11) is 0. The Morgan fingerprint density at radius 3 is 2.80 bits per heavy atom. The maximum atomic E-state index is 12.0. The van der Waals surface area contributed by atoms with Crippen molar-refractivity contribution >= 4 is 28.9 Å². The number of nitrogens with one attached hydrogen (secondary N) is 1. The number of carbonyl (C=O) groups excluding carboxylic acids is 1. The number of hydrogen-bond donors (Lipinski definition) is 2. The highest BCUT2D eigenvalue weighted by molar-refractivity contribution is 6.30. The number of hydrogen-bond acceptors (Lipinski definition) is 5. The zero-order valence-electron chi connectivity index (χ0n) is 9.91. The molecule has 0 saturated carbocycles. The molecule has 0 atom stereocenters. The molecule has 102 valence electrons. The Kier molecular flexibility index (Phi) is 3.81. The molecule has 2 aromatic rings. The molecule has 0 aliphatic carbocycles. The highest BCUT2D eigenvalue weighted by Gasteiger charge is 2.21. The van der Waals surface area contributed by atoms with Gasteiger partial charge in [-0.2, -0.15) is 0 Å². The van der Waals surface area contributed by atoms with Gasteiger partial charge in [0.25, 0.3) is 11.6 Å². The van der Waals surface area contributed by atoms with E-state index in [0.29, 0.717) is 5.69 Å². The van der Waals surface area contributed by atoms with Crippen molar-refractivity contribution in [2.24, 2.45) is 0 Å². The van der Waals surface area contributed by atoms with E-state index in [1.54, 1.807) is 0 Å². The number of nitrogens with zero attached hydrogens (tertiary/aromatic N) is 2. The number of anilines is 1. The molecule has 1 heterocycles. The van der Waals surface area contributed by atoms with Crippen molar-refractivity contribution in [3.8, 4) is 5.75 Å². The van der Waals surface area contributed by atoms with E-state index in [1.807, 2.05) is 0 Å². The van der Waals surface area contributed by atoms with Crippen LogP contribution in [0.5, 0.6) is 5.75 Å². The molecular weight excluding hydrogens is 286 g/mol. The number of nitro groups is 1. The molecule has 7 nitrogen and oxygen atoms in total. The first kappa shape index (κ1) is 13.8. The highest BCUT2D eigenvalue weighted by atomic mass is 35.5. The maximum absolute atomic E-state index is 12.0. The van der Waals surface area contributed by atoms with Gasteiger partial charge in [-0.25, -0.2) is 4.98 Å². The molecule has 0 bridgehead atoms. The molecule has 0 radical (unpaired) electrons. The molecule has 0 unspecified atom stereocenters. The van der Waals surface area contributed by atoms with E-state index in [0.717, 1.165) is 12.3 Å². The minimum atomic E-state index is -0.722. The fourth-order valence-electron chi connectivity index (χ4n) is 1.53. The SMILES string of the molecule is O=C(Nc1cccc(O)c1)c1cc(Cl)ncc1[N+](=O)[O-]. The van der Waals surface area contributed by atoms with Gasteiger partial charge in [0.1, 0.15) is 22.7 Å². The van der Waals surface area contributed by atoms with Crippen LogP contribution in [0.4, 0.5) is 11.4 Å². The quantitative estimate of drug-likeness (QED) is 0.514. The maximum Gasteiger partial charge on any atom is 0.300 e. The first-order valence-corrected chi connectivity index (χ1v) is 5.75. The molecule has 1 aromatic heterocycles. The Hall–Kier alpha value is -2.67. The summed E-state index contributed by atoms with van der Waals surface area (Å²) >= 11 is 5.64. The van der Waals surface area contributed by atoms with Crippen LogP contribution in [0.3, 0.4) is 0 Å². The molecular formula is C12H8ClN3O4. The van der Waals surface area contributed by atoms with E-state index >= 15 is 0 Å². The molecule has 0 spiro atoms. The van der Waals surface area contributed by atoms with E-state index in [2.05, 4.69) is 10.3 Å². The lowest BCUT2D eigenvalue weighted by atomic mass is 10.2. The number of aromatic hydroxyl groups is 1. The molecule has 2 N–H and O–H groups in total. The van der Waals surface area contributed by atoms with Crippen molar-refractivity contribution in [2.75, 3.05) is 5.32 Å². The van der Waals surface area contributed by atoms with Crippen molar-refractivity contribution in [2.45, 2.75) is 0 Å². The summed E-state index contributed by atoms with van der Waals surface area (Å²) in [6.07, 6.45) is 0.916. The van der Waals surface area contributed by atoms with E-state index in [1.165, 1.54) is 24.3 Å². The number of amides is 1. The lowest BCUT2D eigenvalue weighted by Gasteiger charge is -2.06. The molecule has 0 aliphatic rings. The number of benzene rings is 1. The predicted molar refractivity (Wildman–Crippen MR) is 72.0 cm³/mol. The number of pyridine rings is 1. The summed E-state index contributed by atoms with van der Waals surface area (Å²) in [5.41, 5.74) is -0.359. The molecule has 0 aliphatic heterocycles. The molecule has 1 amide bonds. The Morgan fingerprint density at radius 1 is 1.40 bits per heavy atom. The van der Waals surface area contributed by atoms with Gasteiger partial charge < -0.3 is 10.4 Å². The van der Waals surface area contributed by atoms with Crippen LogP contribution in [0.25, 0.3) is 0 Å². The molecule has 0 saturated heterocycles. The minimum Gasteiger partial charge on any atom is -0.508 e. The first-order chi connectivity index (χ1) is 9.47. The zero-order valence-corrected chi connectivity index (χ0v) is 10.7. The summed E-state index contributed by atoms with van der Waals surface area (Å²) in [5, 5.41) is 22.5. The van der Waals surface area contributed by atoms with Crippen molar-refractivity contribution in [1.82, 2.24) is 4.98 Å². The lowest BCUT2D eigenvalue weighted by Crippen LogP contribution is -2.14. The molecule has 1 aromatic carbocycles. The Morgan fingerprint density at radius 2 is 2.15 bits per heavy atom. The second-order valence-electron chi connectivity index (χ2n) is 3.79. The topological polar surface area (TPSA) is 105 Å². The van der Waals surface area contributed by atoms with Crippen molar-refractivity contribution < 1.29 is 14.8 Å². The summed E-state index contributed by atoms with van der Waals surface area (Å²) in [5.74, 6) is -0.753. The summed E-state index contributed by atoms with van der Waals surface area (Å²) in [6, 6.07) is 6.91. The number of halogens is 1. The van der Waals surface area contributed by atoms with E-state index < -0.39 is 16.5 Å². The lowest BCUT2D eigenvalue weighted by molar-refractivity contribution is -0.385. The van der Waals surface area contributed by atoms with Gasteiger partial charge in [0, 0.05) is 11.8 Å². The van der Waals surface area contributed by atoms with E-state index in [9.17, 15) is 20.0 Å². The van der Waals surface area contributed by atoms with E-state index in [4.69, 9.17) is 11.6 Å². The fraction of sp³-hybridized carbons (Fsp3) is 0. The van der Waals surface area contributed by atoms with Gasteiger partial charge in [0.2, 0.25) is 0 Å².